The number of nitrogens with one attached hydrogen (secondary N) is 1. The summed E-state index contributed by atoms with van der Waals surface area (Å²) in [6.45, 7) is 0.696. The number of hydrogen-bond acceptors (Lipinski definition) is 5. The van der Waals surface area contributed by atoms with E-state index in [1.165, 1.54) is 0 Å². The van der Waals surface area contributed by atoms with Crippen molar-refractivity contribution in [2.24, 2.45) is 11.5 Å². The van der Waals surface area contributed by atoms with Crippen LogP contribution in [0.25, 0.3) is 0 Å². The molecule has 0 heterocycles. The first kappa shape index (κ1) is 22.3. The molecule has 0 amide bonds. The summed E-state index contributed by atoms with van der Waals surface area (Å²) in [5, 5.41) is 12.3. The summed E-state index contributed by atoms with van der Waals surface area (Å²) >= 11 is 0. The van der Waals surface area contributed by atoms with Crippen LogP contribution in [0.2, 0.25) is 0 Å². The first-order valence-corrected chi connectivity index (χ1v) is 11.1. The number of rotatable bonds is 11. The Hall–Kier alpha value is -2.02. The minimum atomic E-state index is -3.85. The lowest BCUT2D eigenvalue weighted by molar-refractivity contribution is -0.138. The van der Waals surface area contributed by atoms with E-state index in [1.807, 2.05) is 54.6 Å². The number of nitrogens with two attached hydrogens (primary N) is 2. The third-order valence-electron chi connectivity index (χ3n) is 4.64. The van der Waals surface area contributed by atoms with Gasteiger partial charge < -0.3 is 21.5 Å². The number of carboxylic acid groups (broad SMARTS) is 1. The fourth-order valence-electron chi connectivity index (χ4n) is 2.82. The van der Waals surface area contributed by atoms with Gasteiger partial charge in [-0.3, -0.25) is 14.7 Å². The number of hydrogen-bond donors (Lipinski definition) is 5. The van der Waals surface area contributed by atoms with Crippen molar-refractivity contribution in [3.63, 3.8) is 0 Å². The molecule has 3 atom stereocenters. The third-order valence-corrected chi connectivity index (χ3v) is 6.83. The van der Waals surface area contributed by atoms with E-state index < -0.39 is 31.3 Å². The van der Waals surface area contributed by atoms with Crippen molar-refractivity contribution in [3.8, 4) is 0 Å². The lowest BCUT2D eigenvalue weighted by Crippen LogP contribution is -2.41. The van der Waals surface area contributed by atoms with E-state index in [4.69, 9.17) is 11.5 Å². The van der Waals surface area contributed by atoms with E-state index in [0.717, 1.165) is 16.7 Å². The van der Waals surface area contributed by atoms with Gasteiger partial charge in [0.2, 0.25) is 7.37 Å². The zero-order chi connectivity index (χ0) is 20.6. The zero-order valence-electron chi connectivity index (χ0n) is 15.7. The maximum atomic E-state index is 12.7. The van der Waals surface area contributed by atoms with Crippen LogP contribution in [-0.2, 0) is 28.9 Å². The Morgan fingerprint density at radius 2 is 1.64 bits per heavy atom. The Labute approximate surface area is 165 Å². The van der Waals surface area contributed by atoms with Gasteiger partial charge >= 0.3 is 5.97 Å². The van der Waals surface area contributed by atoms with Crippen LogP contribution >= 0.6 is 7.37 Å². The normalized spacial score (nSPS) is 15.5. The zero-order valence-corrected chi connectivity index (χ0v) is 16.6. The average Bonchev–Trinajstić information content (AvgIpc) is 2.70. The van der Waals surface area contributed by atoms with E-state index in [-0.39, 0.29) is 6.54 Å². The van der Waals surface area contributed by atoms with Crippen LogP contribution in [0, 0.1) is 0 Å². The molecule has 0 fully saturated rings. The summed E-state index contributed by atoms with van der Waals surface area (Å²) in [7, 11) is -3.85. The molecule has 0 saturated heterocycles. The lowest BCUT2D eigenvalue weighted by atomic mass is 10.1. The molecule has 8 heteroatoms. The van der Waals surface area contributed by atoms with Gasteiger partial charge in [0.15, 0.2) is 0 Å². The highest BCUT2D eigenvalue weighted by atomic mass is 31.2. The molecule has 2 aromatic carbocycles. The number of carbonyl (C=O) groups is 1. The van der Waals surface area contributed by atoms with E-state index in [0.29, 0.717) is 19.4 Å². The maximum Gasteiger partial charge on any atom is 0.321 e. The molecule has 152 valence electrons. The van der Waals surface area contributed by atoms with Crippen molar-refractivity contribution in [1.82, 2.24) is 5.32 Å². The molecule has 0 radical (unpaired) electrons. The van der Waals surface area contributed by atoms with Crippen LogP contribution in [-0.4, -0.2) is 34.0 Å². The second-order valence-electron chi connectivity index (χ2n) is 6.82. The highest BCUT2D eigenvalue weighted by Gasteiger charge is 2.33. The monoisotopic (exact) mass is 405 g/mol. The number of carboxylic acids is 1. The SMILES string of the molecule is NCc1ccc(CNC(CP(=O)(O)C(N)CCc2ccccc2)C(=O)O)cc1. The van der Waals surface area contributed by atoms with E-state index in [1.54, 1.807) is 0 Å². The standard InChI is InChI=1S/C20H28N3O4P/c21-12-16-6-8-17(9-7-16)13-23-18(20(24)25)14-28(26,27)19(22)11-10-15-4-2-1-3-5-15/h1-9,18-19,23H,10-14,21-22H2,(H,24,25)(H,26,27). The highest BCUT2D eigenvalue weighted by Crippen LogP contribution is 2.46. The molecule has 0 spiro atoms. The smallest absolute Gasteiger partial charge is 0.321 e. The lowest BCUT2D eigenvalue weighted by Gasteiger charge is -2.23. The van der Waals surface area contributed by atoms with Crippen LogP contribution in [0.4, 0.5) is 0 Å². The summed E-state index contributed by atoms with van der Waals surface area (Å²) in [5.41, 5.74) is 14.4. The van der Waals surface area contributed by atoms with Gasteiger partial charge in [-0.1, -0.05) is 54.6 Å². The second-order valence-corrected chi connectivity index (χ2v) is 9.36. The number of aliphatic carboxylic acids is 1. The fourth-order valence-corrected chi connectivity index (χ4v) is 4.43. The number of aryl methyl sites for hydroxylation is 1. The largest absolute Gasteiger partial charge is 0.480 e. The molecule has 2 rings (SSSR count). The van der Waals surface area contributed by atoms with Gasteiger partial charge in [-0.2, -0.15) is 0 Å². The summed E-state index contributed by atoms with van der Waals surface area (Å²) in [6, 6.07) is 15.8. The van der Waals surface area contributed by atoms with Crippen molar-refractivity contribution < 1.29 is 19.4 Å². The molecule has 7 nitrogen and oxygen atoms in total. The molecule has 28 heavy (non-hydrogen) atoms. The highest BCUT2D eigenvalue weighted by molar-refractivity contribution is 7.58. The number of benzene rings is 2. The molecule has 0 saturated carbocycles. The minimum absolute atomic E-state index is 0.265. The van der Waals surface area contributed by atoms with E-state index in [2.05, 4.69) is 5.32 Å². The quantitative estimate of drug-likeness (QED) is 0.360. The predicted molar refractivity (Wildman–Crippen MR) is 110 cm³/mol. The Kier molecular flexibility index (Phi) is 8.35. The maximum absolute atomic E-state index is 12.7. The fraction of sp³-hybridized carbons (Fsp3) is 0.350. The second kappa shape index (κ2) is 10.5. The molecule has 0 aliphatic carbocycles. The van der Waals surface area contributed by atoms with Gasteiger partial charge in [-0.25, -0.2) is 0 Å². The van der Waals surface area contributed by atoms with Gasteiger partial charge in [0.25, 0.3) is 0 Å². The van der Waals surface area contributed by atoms with Crippen LogP contribution in [0.3, 0.4) is 0 Å². The molecule has 0 aliphatic rings. The molecule has 3 unspecified atom stereocenters. The van der Waals surface area contributed by atoms with Crippen molar-refractivity contribution in [2.45, 2.75) is 37.8 Å². The first-order chi connectivity index (χ1) is 13.3. The summed E-state index contributed by atoms with van der Waals surface area (Å²) in [4.78, 5) is 21.9. The van der Waals surface area contributed by atoms with Crippen LogP contribution < -0.4 is 16.8 Å². The Morgan fingerprint density at radius 3 is 2.21 bits per heavy atom. The summed E-state index contributed by atoms with van der Waals surface area (Å²) in [6.07, 6.45) is 0.453. The van der Waals surface area contributed by atoms with Crippen molar-refractivity contribution in [1.29, 1.82) is 0 Å². The third kappa shape index (κ3) is 6.86. The topological polar surface area (TPSA) is 139 Å². The van der Waals surface area contributed by atoms with Gasteiger partial charge in [0.1, 0.15) is 6.04 Å². The average molecular weight is 405 g/mol. The molecular formula is C20H28N3O4P. The van der Waals surface area contributed by atoms with Gasteiger partial charge in [0.05, 0.1) is 11.9 Å². The van der Waals surface area contributed by atoms with Gasteiger partial charge in [-0.15, -0.1) is 0 Å². The summed E-state index contributed by atoms with van der Waals surface area (Å²) in [5.74, 6) is -2.15. The van der Waals surface area contributed by atoms with Crippen molar-refractivity contribution in [3.05, 3.63) is 71.3 Å². The molecule has 0 aromatic heterocycles. The van der Waals surface area contributed by atoms with Crippen LogP contribution in [0.15, 0.2) is 54.6 Å². The summed E-state index contributed by atoms with van der Waals surface area (Å²) < 4.78 is 12.7. The Bertz CT molecular complexity index is 799. The molecule has 2 aromatic rings. The Morgan fingerprint density at radius 1 is 1.04 bits per heavy atom. The molecule has 0 bridgehead atoms. The van der Waals surface area contributed by atoms with Gasteiger partial charge in [0, 0.05) is 13.1 Å². The van der Waals surface area contributed by atoms with Crippen molar-refractivity contribution >= 4 is 13.3 Å². The Balaban J connectivity index is 1.92. The molecule has 0 aliphatic heterocycles. The van der Waals surface area contributed by atoms with Crippen LogP contribution in [0.5, 0.6) is 0 Å². The van der Waals surface area contributed by atoms with E-state index in [9.17, 15) is 19.4 Å². The van der Waals surface area contributed by atoms with E-state index >= 15 is 0 Å². The van der Waals surface area contributed by atoms with Crippen LogP contribution in [0.1, 0.15) is 23.1 Å². The first-order valence-electron chi connectivity index (χ1n) is 9.17. The molecular weight excluding hydrogens is 377 g/mol. The van der Waals surface area contributed by atoms with Gasteiger partial charge in [-0.05, 0) is 29.5 Å². The molecule has 7 N–H and O–H groups in total. The van der Waals surface area contributed by atoms with Crippen molar-refractivity contribution in [2.75, 3.05) is 6.16 Å². The minimum Gasteiger partial charge on any atom is -0.480 e. The predicted octanol–water partition coefficient (Wildman–Crippen LogP) is 1.88.